The molecule has 3 atom stereocenters. The van der Waals surface area contributed by atoms with Crippen LogP contribution in [0.5, 0.6) is 0 Å². The van der Waals surface area contributed by atoms with Gasteiger partial charge < -0.3 is 21.9 Å². The second-order valence-electron chi connectivity index (χ2n) is 11.9. The number of hydrogen-bond acceptors (Lipinski definition) is 8. The molecule has 0 spiro atoms. The van der Waals surface area contributed by atoms with Crippen LogP contribution in [0.25, 0.3) is 0 Å². The van der Waals surface area contributed by atoms with Crippen LogP contribution in [-0.4, -0.2) is 70.4 Å². The number of hydrogen-bond donors (Lipinski definition) is 4. The molecule has 6 N–H and O–H groups in total. The fraction of sp³-hybridized carbons (Fsp3) is 0.793. The average Bonchev–Trinajstić information content (AvgIpc) is 3.09. The molecular formula is C29H58N4O7. The third-order valence-corrected chi connectivity index (χ3v) is 5.36. The molecule has 1 fully saturated rings. The van der Waals surface area contributed by atoms with Crippen molar-refractivity contribution in [2.24, 2.45) is 28.2 Å². The van der Waals surface area contributed by atoms with Gasteiger partial charge >= 0.3 is 5.97 Å². The highest BCUT2D eigenvalue weighted by atomic mass is 16.4. The van der Waals surface area contributed by atoms with Crippen molar-refractivity contribution in [2.45, 2.75) is 121 Å². The minimum absolute atomic E-state index is 0. The minimum Gasteiger partial charge on any atom is -0.481 e. The Balaban J connectivity index is -0.000000269. The van der Waals surface area contributed by atoms with Crippen molar-refractivity contribution in [1.82, 2.24) is 10.2 Å². The quantitative estimate of drug-likeness (QED) is 0.268. The number of rotatable bonds is 11. The molecule has 1 aliphatic heterocycles. The molecule has 1 aliphatic rings. The van der Waals surface area contributed by atoms with E-state index in [1.165, 1.54) is 0 Å². The minimum atomic E-state index is -1.05. The van der Waals surface area contributed by atoms with Gasteiger partial charge in [-0.3, -0.25) is 33.7 Å². The summed E-state index contributed by atoms with van der Waals surface area (Å²) >= 11 is 0. The first-order valence-corrected chi connectivity index (χ1v) is 13.1. The third-order valence-electron chi connectivity index (χ3n) is 5.36. The van der Waals surface area contributed by atoms with Gasteiger partial charge in [0.05, 0.1) is 18.4 Å². The first-order valence-electron chi connectivity index (χ1n) is 13.1. The molecule has 1 rings (SSSR count). The number of imide groups is 1. The molecule has 3 unspecified atom stereocenters. The zero-order valence-electron chi connectivity index (χ0n) is 24.7. The lowest BCUT2D eigenvalue weighted by Gasteiger charge is -2.27. The van der Waals surface area contributed by atoms with E-state index in [1.807, 2.05) is 20.8 Å². The van der Waals surface area contributed by atoms with Crippen LogP contribution in [0.2, 0.25) is 0 Å². The summed E-state index contributed by atoms with van der Waals surface area (Å²) in [7, 11) is 0. The maximum atomic E-state index is 12.3. The molecule has 11 nitrogen and oxygen atoms in total. The van der Waals surface area contributed by atoms with Gasteiger partial charge in [-0.1, -0.05) is 77.2 Å². The summed E-state index contributed by atoms with van der Waals surface area (Å²) in [5, 5.41) is 10.7. The maximum Gasteiger partial charge on any atom is 0.303 e. The number of likely N-dealkylation sites (tertiary alicyclic amines) is 1. The normalized spacial score (nSPS) is 16.1. The van der Waals surface area contributed by atoms with E-state index >= 15 is 0 Å². The number of nitrogens with zero attached hydrogens (tertiary/aromatic N) is 1. The summed E-state index contributed by atoms with van der Waals surface area (Å²) in [5.74, 6) is -2.72. The molecule has 40 heavy (non-hydrogen) atoms. The number of carboxylic acids is 1. The van der Waals surface area contributed by atoms with Crippen LogP contribution >= 0.6 is 0 Å². The Labute approximate surface area is 242 Å². The van der Waals surface area contributed by atoms with Crippen molar-refractivity contribution in [3.8, 4) is 0 Å². The monoisotopic (exact) mass is 574 g/mol. The van der Waals surface area contributed by atoms with Crippen molar-refractivity contribution in [3.63, 3.8) is 0 Å². The number of aliphatic carboxylic acids is 1. The summed E-state index contributed by atoms with van der Waals surface area (Å²) in [6.45, 7) is 17.9. The molecule has 11 heteroatoms. The lowest BCUT2D eigenvalue weighted by atomic mass is 9.80. The number of nitrogens with one attached hydrogen (secondary N) is 1. The molecule has 0 aliphatic carbocycles. The van der Waals surface area contributed by atoms with Gasteiger partial charge in [-0.05, 0) is 10.8 Å². The molecule has 1 heterocycles. The Hall–Kier alpha value is -2.66. The Morgan fingerprint density at radius 3 is 1.65 bits per heavy atom. The molecule has 0 bridgehead atoms. The van der Waals surface area contributed by atoms with Crippen LogP contribution in [0.4, 0.5) is 0 Å². The zero-order valence-corrected chi connectivity index (χ0v) is 24.7. The SMILES string of the molecule is C.C.CC(C)(C)C.CCC(=O)C(CN)N1C(=O)CC(C(C)(C)C)C1=O.CCC(=O)C(CN)NC(=O)CCC(=O)O. The first kappa shape index (κ1) is 44.4. The molecule has 0 radical (unpaired) electrons. The molecule has 3 amide bonds. The van der Waals surface area contributed by atoms with E-state index in [9.17, 15) is 28.8 Å². The number of nitrogens with two attached hydrogens (primary N) is 2. The largest absolute Gasteiger partial charge is 0.481 e. The third kappa shape index (κ3) is 17.8. The highest BCUT2D eigenvalue weighted by Gasteiger charge is 2.48. The molecule has 0 aromatic heterocycles. The van der Waals surface area contributed by atoms with Crippen LogP contribution in [0.3, 0.4) is 0 Å². The van der Waals surface area contributed by atoms with Gasteiger partial charge in [0, 0.05) is 38.8 Å². The summed E-state index contributed by atoms with van der Waals surface area (Å²) in [4.78, 5) is 69.6. The lowest BCUT2D eigenvalue weighted by molar-refractivity contribution is -0.147. The van der Waals surface area contributed by atoms with Gasteiger partial charge in [0.2, 0.25) is 17.7 Å². The second-order valence-corrected chi connectivity index (χ2v) is 11.9. The molecule has 236 valence electrons. The van der Waals surface area contributed by atoms with Gasteiger partial charge in [0.1, 0.15) is 6.04 Å². The zero-order chi connectivity index (χ0) is 30.4. The van der Waals surface area contributed by atoms with Gasteiger partial charge in [-0.2, -0.15) is 0 Å². The van der Waals surface area contributed by atoms with Crippen LogP contribution in [0.1, 0.15) is 109 Å². The van der Waals surface area contributed by atoms with E-state index in [-0.39, 0.29) is 88.3 Å². The van der Waals surface area contributed by atoms with E-state index in [0.717, 1.165) is 4.90 Å². The number of ketones is 2. The predicted octanol–water partition coefficient (Wildman–Crippen LogP) is 3.31. The Morgan fingerprint density at radius 1 is 0.900 bits per heavy atom. The van der Waals surface area contributed by atoms with Gasteiger partial charge in [0.15, 0.2) is 11.6 Å². The summed E-state index contributed by atoms with van der Waals surface area (Å²) in [6.07, 6.45) is 0.363. The van der Waals surface area contributed by atoms with E-state index in [4.69, 9.17) is 16.6 Å². The van der Waals surface area contributed by atoms with Crippen molar-refractivity contribution in [3.05, 3.63) is 0 Å². The number of Topliss-reactive ketones (excluding diaryl/α,β-unsaturated/α-hetero) is 2. The van der Waals surface area contributed by atoms with Crippen LogP contribution < -0.4 is 16.8 Å². The van der Waals surface area contributed by atoms with Crippen molar-refractivity contribution in [2.75, 3.05) is 13.1 Å². The van der Waals surface area contributed by atoms with E-state index in [1.54, 1.807) is 13.8 Å². The Morgan fingerprint density at radius 2 is 1.35 bits per heavy atom. The number of carbonyl (C=O) groups excluding carboxylic acids is 5. The van der Waals surface area contributed by atoms with E-state index in [2.05, 4.69) is 33.0 Å². The maximum absolute atomic E-state index is 12.3. The first-order chi connectivity index (χ1) is 17.2. The highest BCUT2D eigenvalue weighted by Crippen LogP contribution is 2.36. The molecule has 0 aromatic rings. The van der Waals surface area contributed by atoms with Crippen molar-refractivity contribution >= 4 is 35.3 Å². The number of carboxylic acid groups (broad SMARTS) is 1. The van der Waals surface area contributed by atoms with Crippen LogP contribution in [0.15, 0.2) is 0 Å². The number of carbonyl (C=O) groups is 6. The summed E-state index contributed by atoms with van der Waals surface area (Å²) in [5.41, 5.74) is 11.1. The Kier molecular flexibility index (Phi) is 22.5. The van der Waals surface area contributed by atoms with Crippen LogP contribution in [-0.2, 0) is 28.8 Å². The van der Waals surface area contributed by atoms with Gasteiger partial charge in [-0.25, -0.2) is 0 Å². The summed E-state index contributed by atoms with van der Waals surface area (Å²) in [6, 6.07) is -1.49. The Bertz CT molecular complexity index is 823. The van der Waals surface area contributed by atoms with E-state index < -0.39 is 24.0 Å². The van der Waals surface area contributed by atoms with Crippen molar-refractivity contribution in [1.29, 1.82) is 0 Å². The van der Waals surface area contributed by atoms with Gasteiger partial charge in [0.25, 0.3) is 0 Å². The average molecular weight is 575 g/mol. The van der Waals surface area contributed by atoms with Gasteiger partial charge in [-0.15, -0.1) is 0 Å². The molecule has 1 saturated heterocycles. The predicted molar refractivity (Wildman–Crippen MR) is 159 cm³/mol. The number of amides is 3. The topological polar surface area (TPSA) is 190 Å². The fourth-order valence-corrected chi connectivity index (χ4v) is 3.28. The standard InChI is InChI=1S/C13H22N2O3.C9H16N2O4.C5H12.2CH4/c1-5-10(16)9(7-14)15-11(17)6-8(12(15)18)13(2,3)4;1-2-7(12)6(5-10)11-8(13)3-4-9(14)15;1-5(2,3)4;;/h8-9H,5-7,14H2,1-4H3;6H,2-5,10H2,1H3,(H,11,13)(H,14,15);1-4H3;2*1H4. The molecule has 0 aromatic carbocycles. The highest BCUT2D eigenvalue weighted by molar-refractivity contribution is 6.07. The molecular weight excluding hydrogens is 516 g/mol. The molecule has 0 saturated carbocycles. The van der Waals surface area contributed by atoms with E-state index in [0.29, 0.717) is 11.8 Å². The lowest BCUT2D eigenvalue weighted by Crippen LogP contribution is -2.49. The van der Waals surface area contributed by atoms with Crippen LogP contribution in [0, 0.1) is 16.7 Å². The fourth-order valence-electron chi connectivity index (χ4n) is 3.28. The second kappa shape index (κ2) is 20.3. The smallest absolute Gasteiger partial charge is 0.303 e. The van der Waals surface area contributed by atoms with Crippen molar-refractivity contribution < 1.29 is 33.9 Å². The summed E-state index contributed by atoms with van der Waals surface area (Å²) < 4.78 is 0.